The van der Waals surface area contributed by atoms with Gasteiger partial charge >= 0.3 is 0 Å². The maximum atomic E-state index is 3.93. The van der Waals surface area contributed by atoms with Crippen LogP contribution in [0.2, 0.25) is 0 Å². The van der Waals surface area contributed by atoms with Gasteiger partial charge in [0.05, 0.1) is 0 Å². The number of rotatable bonds is 1. The Hall–Kier alpha value is -0.790. The summed E-state index contributed by atoms with van der Waals surface area (Å²) < 4.78 is 0. The van der Waals surface area contributed by atoms with Crippen LogP contribution < -0.4 is 0 Å². The van der Waals surface area contributed by atoms with Crippen molar-refractivity contribution in [3.63, 3.8) is 0 Å². The highest BCUT2D eigenvalue weighted by Gasteiger charge is 2.27. The zero-order valence-corrected chi connectivity index (χ0v) is 6.17. The van der Waals surface area contributed by atoms with Crippen LogP contribution in [0, 0.1) is 5.92 Å². The normalized spacial score (nSPS) is 31.7. The molecule has 0 aromatic carbocycles. The lowest BCUT2D eigenvalue weighted by Crippen LogP contribution is -2.19. The standard InChI is InChI=1S/C8H12N2/c1-6-4-7(5-6)8-2-3-9-10-8/h2-3,6-7H,4-5H2,1H3,(H,9,10). The molecule has 1 aliphatic rings. The van der Waals surface area contributed by atoms with Crippen LogP contribution in [0.1, 0.15) is 31.4 Å². The Morgan fingerprint density at radius 3 is 2.90 bits per heavy atom. The maximum Gasteiger partial charge on any atom is 0.0490 e. The Labute approximate surface area is 60.6 Å². The Bertz CT molecular complexity index is 197. The van der Waals surface area contributed by atoms with E-state index in [1.165, 1.54) is 18.5 Å². The van der Waals surface area contributed by atoms with Crippen LogP contribution >= 0.6 is 0 Å². The fourth-order valence-electron chi connectivity index (χ4n) is 1.65. The van der Waals surface area contributed by atoms with E-state index in [1.54, 1.807) is 0 Å². The highest BCUT2D eigenvalue weighted by molar-refractivity contribution is 5.09. The first-order valence-electron chi connectivity index (χ1n) is 3.85. The predicted molar refractivity (Wildman–Crippen MR) is 39.7 cm³/mol. The Morgan fingerprint density at radius 2 is 2.40 bits per heavy atom. The van der Waals surface area contributed by atoms with E-state index in [1.807, 2.05) is 6.20 Å². The van der Waals surface area contributed by atoms with Crippen LogP contribution in [0.25, 0.3) is 0 Å². The third-order valence-electron chi connectivity index (χ3n) is 2.34. The average Bonchev–Trinajstić information content (AvgIpc) is 2.31. The van der Waals surface area contributed by atoms with Gasteiger partial charge in [0.2, 0.25) is 0 Å². The van der Waals surface area contributed by atoms with E-state index in [9.17, 15) is 0 Å². The minimum Gasteiger partial charge on any atom is -0.282 e. The predicted octanol–water partition coefficient (Wildman–Crippen LogP) is 1.92. The lowest BCUT2D eigenvalue weighted by Gasteiger charge is -2.31. The molecule has 2 nitrogen and oxygen atoms in total. The number of nitrogens with zero attached hydrogens (tertiary/aromatic N) is 1. The van der Waals surface area contributed by atoms with Crippen LogP contribution in [-0.2, 0) is 0 Å². The Kier molecular flexibility index (Phi) is 1.26. The molecule has 1 aromatic rings. The number of hydrogen-bond acceptors (Lipinski definition) is 1. The molecule has 0 amide bonds. The van der Waals surface area contributed by atoms with Crippen molar-refractivity contribution in [1.29, 1.82) is 0 Å². The van der Waals surface area contributed by atoms with Crippen LogP contribution in [0.5, 0.6) is 0 Å². The molecule has 0 unspecified atom stereocenters. The van der Waals surface area contributed by atoms with Gasteiger partial charge in [-0.05, 0) is 24.8 Å². The molecule has 1 N–H and O–H groups in total. The Morgan fingerprint density at radius 1 is 1.60 bits per heavy atom. The second-order valence-electron chi connectivity index (χ2n) is 3.29. The minimum absolute atomic E-state index is 0.775. The van der Waals surface area contributed by atoms with Gasteiger partial charge in [-0.2, -0.15) is 5.10 Å². The highest BCUT2D eigenvalue weighted by atomic mass is 15.1. The van der Waals surface area contributed by atoms with Crippen LogP contribution in [0.4, 0.5) is 0 Å². The van der Waals surface area contributed by atoms with E-state index in [0.717, 1.165) is 11.8 Å². The zero-order chi connectivity index (χ0) is 6.97. The van der Waals surface area contributed by atoms with E-state index < -0.39 is 0 Å². The molecule has 0 aliphatic heterocycles. The zero-order valence-electron chi connectivity index (χ0n) is 6.17. The van der Waals surface area contributed by atoms with Crippen LogP contribution in [0.15, 0.2) is 12.3 Å². The van der Waals surface area contributed by atoms with Gasteiger partial charge in [0.1, 0.15) is 0 Å². The highest BCUT2D eigenvalue weighted by Crippen LogP contribution is 2.39. The molecule has 2 rings (SSSR count). The van der Waals surface area contributed by atoms with Crippen molar-refractivity contribution in [3.8, 4) is 0 Å². The lowest BCUT2D eigenvalue weighted by molar-refractivity contribution is 0.283. The Balaban J connectivity index is 2.04. The molecule has 0 spiro atoms. The third-order valence-corrected chi connectivity index (χ3v) is 2.34. The van der Waals surface area contributed by atoms with Gasteiger partial charge in [0.15, 0.2) is 0 Å². The molecule has 1 aromatic heterocycles. The van der Waals surface area contributed by atoms with Gasteiger partial charge in [-0.3, -0.25) is 5.10 Å². The molecule has 2 heteroatoms. The van der Waals surface area contributed by atoms with E-state index in [0.29, 0.717) is 0 Å². The summed E-state index contributed by atoms with van der Waals surface area (Å²) in [5.41, 5.74) is 1.32. The summed E-state index contributed by atoms with van der Waals surface area (Å²) in [4.78, 5) is 0. The topological polar surface area (TPSA) is 28.7 Å². The largest absolute Gasteiger partial charge is 0.282 e. The number of H-pyrrole nitrogens is 1. The van der Waals surface area contributed by atoms with E-state index in [-0.39, 0.29) is 0 Å². The molecule has 54 valence electrons. The first-order chi connectivity index (χ1) is 4.86. The van der Waals surface area contributed by atoms with Crippen LogP contribution in [-0.4, -0.2) is 10.2 Å². The lowest BCUT2D eigenvalue weighted by atomic mass is 9.74. The van der Waals surface area contributed by atoms with Crippen molar-refractivity contribution in [2.75, 3.05) is 0 Å². The quantitative estimate of drug-likeness (QED) is 0.627. The summed E-state index contributed by atoms with van der Waals surface area (Å²) in [6.07, 6.45) is 4.50. The number of hydrogen-bond donors (Lipinski definition) is 1. The third kappa shape index (κ3) is 0.838. The number of nitrogens with one attached hydrogen (secondary N) is 1. The summed E-state index contributed by atoms with van der Waals surface area (Å²) >= 11 is 0. The molecular formula is C8H12N2. The second kappa shape index (κ2) is 2.11. The van der Waals surface area contributed by atoms with Crippen molar-refractivity contribution >= 4 is 0 Å². The second-order valence-corrected chi connectivity index (χ2v) is 3.29. The number of aromatic amines is 1. The van der Waals surface area contributed by atoms with Crippen molar-refractivity contribution in [2.45, 2.75) is 25.7 Å². The molecule has 0 radical (unpaired) electrons. The van der Waals surface area contributed by atoms with E-state index in [2.05, 4.69) is 23.2 Å². The molecule has 1 aliphatic carbocycles. The van der Waals surface area contributed by atoms with E-state index in [4.69, 9.17) is 0 Å². The summed E-state index contributed by atoms with van der Waals surface area (Å²) in [6, 6.07) is 2.08. The molecule has 0 atom stereocenters. The monoisotopic (exact) mass is 136 g/mol. The van der Waals surface area contributed by atoms with Gasteiger partial charge < -0.3 is 0 Å². The van der Waals surface area contributed by atoms with Crippen LogP contribution in [0.3, 0.4) is 0 Å². The van der Waals surface area contributed by atoms with Gasteiger partial charge in [-0.25, -0.2) is 0 Å². The maximum absolute atomic E-state index is 3.93. The van der Waals surface area contributed by atoms with Gasteiger partial charge in [-0.15, -0.1) is 0 Å². The SMILES string of the molecule is CC1CC(c2ccn[nH]2)C1. The smallest absolute Gasteiger partial charge is 0.0490 e. The fraction of sp³-hybridized carbons (Fsp3) is 0.625. The molecule has 0 saturated heterocycles. The summed E-state index contributed by atoms with van der Waals surface area (Å²) in [5, 5.41) is 6.93. The molecule has 1 fully saturated rings. The molecule has 1 saturated carbocycles. The van der Waals surface area contributed by atoms with Gasteiger partial charge in [-0.1, -0.05) is 6.92 Å². The number of aromatic nitrogens is 2. The summed E-state index contributed by atoms with van der Waals surface area (Å²) in [6.45, 7) is 2.30. The van der Waals surface area contributed by atoms with Crippen molar-refractivity contribution in [2.24, 2.45) is 5.92 Å². The van der Waals surface area contributed by atoms with Crippen molar-refractivity contribution < 1.29 is 0 Å². The average molecular weight is 136 g/mol. The van der Waals surface area contributed by atoms with Gasteiger partial charge in [0.25, 0.3) is 0 Å². The van der Waals surface area contributed by atoms with Gasteiger partial charge in [0, 0.05) is 17.8 Å². The molecule has 0 bridgehead atoms. The van der Waals surface area contributed by atoms with Crippen molar-refractivity contribution in [3.05, 3.63) is 18.0 Å². The fourth-order valence-corrected chi connectivity index (χ4v) is 1.65. The summed E-state index contributed by atoms with van der Waals surface area (Å²) in [5.74, 6) is 1.70. The first kappa shape index (κ1) is 5.96. The van der Waals surface area contributed by atoms with Crippen molar-refractivity contribution in [1.82, 2.24) is 10.2 Å². The molecule has 10 heavy (non-hydrogen) atoms. The minimum atomic E-state index is 0.775. The molecule has 1 heterocycles. The van der Waals surface area contributed by atoms with E-state index >= 15 is 0 Å². The first-order valence-corrected chi connectivity index (χ1v) is 3.85. The summed E-state index contributed by atoms with van der Waals surface area (Å²) in [7, 11) is 0. The molecular weight excluding hydrogens is 124 g/mol.